The first-order valence-electron chi connectivity index (χ1n) is 9.88. The van der Waals surface area contributed by atoms with Gasteiger partial charge in [-0.3, -0.25) is 0 Å². The Bertz CT molecular complexity index is 659. The molecule has 8 heteroatoms. The molecule has 28 heavy (non-hydrogen) atoms. The lowest BCUT2D eigenvalue weighted by molar-refractivity contribution is 0.0963. The summed E-state index contributed by atoms with van der Waals surface area (Å²) >= 11 is 0. The summed E-state index contributed by atoms with van der Waals surface area (Å²) in [5.74, 6) is 1.34. The molecule has 2 fully saturated rings. The molecule has 1 aliphatic heterocycles. The van der Waals surface area contributed by atoms with Gasteiger partial charge in [-0.2, -0.15) is 0 Å². The van der Waals surface area contributed by atoms with Crippen LogP contribution in [-0.2, 0) is 11.3 Å². The van der Waals surface area contributed by atoms with Crippen LogP contribution in [-0.4, -0.2) is 48.8 Å². The molecule has 0 atom stereocenters. The summed E-state index contributed by atoms with van der Waals surface area (Å²) in [7, 11) is 0. The Kier molecular flexibility index (Phi) is 9.14. The molecule has 7 nitrogen and oxygen atoms in total. The first kappa shape index (κ1) is 22.6. The average molecular weight is 502 g/mol. The number of amides is 1. The minimum absolute atomic E-state index is 0. The summed E-state index contributed by atoms with van der Waals surface area (Å²) in [6.45, 7) is 4.05. The van der Waals surface area contributed by atoms with Gasteiger partial charge in [0.05, 0.1) is 19.3 Å². The Labute approximate surface area is 184 Å². The van der Waals surface area contributed by atoms with Gasteiger partial charge in [0.2, 0.25) is 0 Å². The van der Waals surface area contributed by atoms with Gasteiger partial charge in [-0.25, -0.2) is 9.79 Å². The van der Waals surface area contributed by atoms with Crippen molar-refractivity contribution in [3.63, 3.8) is 0 Å². The lowest BCUT2D eigenvalue weighted by atomic mass is 9.96. The second kappa shape index (κ2) is 11.3. The first-order valence-corrected chi connectivity index (χ1v) is 9.88. The van der Waals surface area contributed by atoms with Crippen LogP contribution in [0.2, 0.25) is 0 Å². The molecule has 1 saturated heterocycles. The van der Waals surface area contributed by atoms with Crippen molar-refractivity contribution in [2.24, 2.45) is 10.7 Å². The third-order valence-corrected chi connectivity index (χ3v) is 5.11. The zero-order chi connectivity index (χ0) is 19.1. The van der Waals surface area contributed by atoms with Crippen molar-refractivity contribution in [3.05, 3.63) is 29.8 Å². The molecule has 0 bridgehead atoms. The molecule has 156 valence electrons. The van der Waals surface area contributed by atoms with E-state index in [4.69, 9.17) is 15.2 Å². The van der Waals surface area contributed by atoms with E-state index < -0.39 is 0 Å². The van der Waals surface area contributed by atoms with Gasteiger partial charge in [-0.1, -0.05) is 18.2 Å². The van der Waals surface area contributed by atoms with Crippen LogP contribution in [0.5, 0.6) is 5.75 Å². The number of carbonyl (C=O) groups excluding carboxylic acids is 1. The number of rotatable bonds is 6. The molecule has 2 aliphatic rings. The number of halogens is 1. The van der Waals surface area contributed by atoms with Gasteiger partial charge in [0.15, 0.2) is 5.96 Å². The van der Waals surface area contributed by atoms with Crippen molar-refractivity contribution in [1.29, 1.82) is 0 Å². The summed E-state index contributed by atoms with van der Waals surface area (Å²) in [5.41, 5.74) is 7.12. The number of carbonyl (C=O) groups is 1. The molecular weight excluding hydrogens is 471 g/mol. The molecule has 1 saturated carbocycles. The lowest BCUT2D eigenvalue weighted by Crippen LogP contribution is -2.48. The van der Waals surface area contributed by atoms with Crippen molar-refractivity contribution in [3.8, 4) is 5.75 Å². The van der Waals surface area contributed by atoms with Crippen LogP contribution < -0.4 is 15.8 Å². The van der Waals surface area contributed by atoms with Crippen LogP contribution in [0, 0.1) is 0 Å². The summed E-state index contributed by atoms with van der Waals surface area (Å²) < 4.78 is 11.1. The van der Waals surface area contributed by atoms with Crippen molar-refractivity contribution in [1.82, 2.24) is 10.2 Å². The van der Waals surface area contributed by atoms with Crippen molar-refractivity contribution >= 4 is 36.0 Å². The number of nitrogens with zero attached hydrogens (tertiary/aromatic N) is 2. The van der Waals surface area contributed by atoms with Crippen LogP contribution in [0.15, 0.2) is 29.3 Å². The molecule has 1 aromatic carbocycles. The maximum absolute atomic E-state index is 11.7. The minimum Gasteiger partial charge on any atom is -0.490 e. The standard InChI is InChI=1S/C20H30N4O3.HI/c1-2-26-20(25)24-12-10-16(11-13-24)23-19(21)22-14-15-6-3-4-9-18(15)27-17-7-5-8-17;/h3-4,6,9,16-17H,2,5,7-8,10-14H2,1H3,(H3,21,22,23);1H. The average Bonchev–Trinajstić information content (AvgIpc) is 2.64. The van der Waals surface area contributed by atoms with E-state index in [-0.39, 0.29) is 36.1 Å². The van der Waals surface area contributed by atoms with E-state index in [2.05, 4.69) is 10.3 Å². The van der Waals surface area contributed by atoms with Crippen LogP contribution in [0.4, 0.5) is 4.79 Å². The number of nitrogens with two attached hydrogens (primary N) is 1. The van der Waals surface area contributed by atoms with Crippen molar-refractivity contribution in [2.45, 2.75) is 57.7 Å². The third kappa shape index (κ3) is 6.42. The number of piperidine rings is 1. The molecular formula is C20H31IN4O3. The summed E-state index contributed by atoms with van der Waals surface area (Å²) in [4.78, 5) is 18.0. The largest absolute Gasteiger partial charge is 0.490 e. The molecule has 0 radical (unpaired) electrons. The van der Waals surface area contributed by atoms with Gasteiger partial charge in [0.25, 0.3) is 0 Å². The van der Waals surface area contributed by atoms with Crippen molar-refractivity contribution < 1.29 is 14.3 Å². The highest BCUT2D eigenvalue weighted by Crippen LogP contribution is 2.27. The van der Waals surface area contributed by atoms with Gasteiger partial charge in [0, 0.05) is 24.7 Å². The number of ether oxygens (including phenoxy) is 2. The Morgan fingerprint density at radius 1 is 1.25 bits per heavy atom. The van der Waals surface area contributed by atoms with Crippen LogP contribution in [0.25, 0.3) is 0 Å². The number of hydrogen-bond acceptors (Lipinski definition) is 4. The Balaban J connectivity index is 0.00000280. The normalized spacial score (nSPS) is 18.0. The van der Waals surface area contributed by atoms with E-state index in [0.29, 0.717) is 38.3 Å². The maximum atomic E-state index is 11.7. The van der Waals surface area contributed by atoms with Crippen LogP contribution >= 0.6 is 24.0 Å². The zero-order valence-corrected chi connectivity index (χ0v) is 18.8. The third-order valence-electron chi connectivity index (χ3n) is 5.11. The minimum atomic E-state index is -0.236. The predicted molar refractivity (Wildman–Crippen MR) is 120 cm³/mol. The summed E-state index contributed by atoms with van der Waals surface area (Å²) in [6.07, 6.45) is 5.28. The fraction of sp³-hybridized carbons (Fsp3) is 0.600. The summed E-state index contributed by atoms with van der Waals surface area (Å²) in [6, 6.07) is 8.23. The van der Waals surface area contributed by atoms with E-state index in [1.807, 2.05) is 31.2 Å². The van der Waals surface area contributed by atoms with E-state index >= 15 is 0 Å². The number of aliphatic imine (C=N–C) groups is 1. The SMILES string of the molecule is CCOC(=O)N1CCC(NC(N)=NCc2ccccc2OC2CCC2)CC1.I. The number of likely N-dealkylation sites (tertiary alicyclic amines) is 1. The van der Waals surface area contributed by atoms with E-state index in [9.17, 15) is 4.79 Å². The highest BCUT2D eigenvalue weighted by Gasteiger charge is 2.24. The van der Waals surface area contributed by atoms with Crippen LogP contribution in [0.3, 0.4) is 0 Å². The highest BCUT2D eigenvalue weighted by molar-refractivity contribution is 14.0. The van der Waals surface area contributed by atoms with E-state index in [1.54, 1.807) is 4.90 Å². The topological polar surface area (TPSA) is 89.2 Å². The Morgan fingerprint density at radius 3 is 2.61 bits per heavy atom. The number of guanidine groups is 1. The molecule has 3 rings (SSSR count). The number of hydrogen-bond donors (Lipinski definition) is 2. The summed E-state index contributed by atoms with van der Waals surface area (Å²) in [5, 5.41) is 3.27. The van der Waals surface area contributed by atoms with Gasteiger partial charge in [0.1, 0.15) is 5.75 Å². The molecule has 1 aliphatic carbocycles. The molecule has 0 unspecified atom stereocenters. The van der Waals surface area contributed by atoms with E-state index in [0.717, 1.165) is 37.0 Å². The monoisotopic (exact) mass is 502 g/mol. The molecule has 0 spiro atoms. The molecule has 3 N–H and O–H groups in total. The number of benzene rings is 1. The van der Waals surface area contributed by atoms with Gasteiger partial charge in [-0.15, -0.1) is 24.0 Å². The Hall–Kier alpha value is -1.71. The van der Waals surface area contributed by atoms with Gasteiger partial charge in [-0.05, 0) is 45.1 Å². The second-order valence-electron chi connectivity index (χ2n) is 7.08. The Morgan fingerprint density at radius 2 is 1.96 bits per heavy atom. The quantitative estimate of drug-likeness (QED) is 0.354. The lowest BCUT2D eigenvalue weighted by Gasteiger charge is -2.31. The fourth-order valence-electron chi connectivity index (χ4n) is 3.26. The van der Waals surface area contributed by atoms with Gasteiger partial charge >= 0.3 is 6.09 Å². The molecule has 1 heterocycles. The predicted octanol–water partition coefficient (Wildman–Crippen LogP) is 3.26. The second-order valence-corrected chi connectivity index (χ2v) is 7.08. The maximum Gasteiger partial charge on any atom is 0.409 e. The molecule has 1 aromatic rings. The van der Waals surface area contributed by atoms with E-state index in [1.165, 1.54) is 6.42 Å². The van der Waals surface area contributed by atoms with Gasteiger partial charge < -0.3 is 25.4 Å². The zero-order valence-electron chi connectivity index (χ0n) is 16.4. The first-order chi connectivity index (χ1) is 13.2. The van der Waals surface area contributed by atoms with Crippen molar-refractivity contribution in [2.75, 3.05) is 19.7 Å². The number of para-hydroxylation sites is 1. The van der Waals surface area contributed by atoms with Crippen LogP contribution in [0.1, 0.15) is 44.6 Å². The fourth-order valence-corrected chi connectivity index (χ4v) is 3.26. The molecule has 1 amide bonds. The highest BCUT2D eigenvalue weighted by atomic mass is 127. The smallest absolute Gasteiger partial charge is 0.409 e. The number of nitrogens with one attached hydrogen (secondary N) is 1. The molecule has 0 aromatic heterocycles.